The SMILES string of the molecule is COc1cccc(NC(=O)Nc2ccc(C#N)cc2N)c1. The van der Waals surface area contributed by atoms with Crippen LogP contribution in [-0.4, -0.2) is 13.1 Å². The minimum atomic E-state index is -0.431. The standard InChI is InChI=1S/C15H14N4O2/c1-21-12-4-2-3-11(8-12)18-15(20)19-14-6-5-10(9-16)7-13(14)17/h2-8H,17H2,1H3,(H2,18,19,20). The molecule has 0 bridgehead atoms. The maximum absolute atomic E-state index is 11.9. The number of nitriles is 1. The number of carbonyl (C=O) groups excluding carboxylic acids is 1. The van der Waals surface area contributed by atoms with E-state index in [0.717, 1.165) is 0 Å². The van der Waals surface area contributed by atoms with Crippen LogP contribution >= 0.6 is 0 Å². The zero-order valence-corrected chi connectivity index (χ0v) is 11.4. The number of nitrogens with two attached hydrogens (primary N) is 1. The summed E-state index contributed by atoms with van der Waals surface area (Å²) < 4.78 is 5.08. The number of methoxy groups -OCH3 is 1. The number of ether oxygens (including phenoxy) is 1. The Labute approximate surface area is 122 Å². The summed E-state index contributed by atoms with van der Waals surface area (Å²) in [5.74, 6) is 0.644. The molecule has 4 N–H and O–H groups in total. The lowest BCUT2D eigenvalue weighted by molar-refractivity contribution is 0.262. The summed E-state index contributed by atoms with van der Waals surface area (Å²) in [6, 6.07) is 13.2. The Bertz CT molecular complexity index is 707. The van der Waals surface area contributed by atoms with Crippen LogP contribution in [0.15, 0.2) is 42.5 Å². The highest BCUT2D eigenvalue weighted by atomic mass is 16.5. The van der Waals surface area contributed by atoms with Crippen LogP contribution in [0, 0.1) is 11.3 Å². The fourth-order valence-electron chi connectivity index (χ4n) is 1.73. The summed E-state index contributed by atoms with van der Waals surface area (Å²) >= 11 is 0. The fourth-order valence-corrected chi connectivity index (χ4v) is 1.73. The van der Waals surface area contributed by atoms with Crippen LogP contribution in [0.25, 0.3) is 0 Å². The molecule has 6 nitrogen and oxygen atoms in total. The molecule has 6 heteroatoms. The lowest BCUT2D eigenvalue weighted by Gasteiger charge is -2.10. The molecule has 106 valence electrons. The molecule has 21 heavy (non-hydrogen) atoms. The van der Waals surface area contributed by atoms with Crippen LogP contribution in [-0.2, 0) is 0 Å². The maximum Gasteiger partial charge on any atom is 0.323 e. The summed E-state index contributed by atoms with van der Waals surface area (Å²) in [4.78, 5) is 11.9. The minimum absolute atomic E-state index is 0.329. The van der Waals surface area contributed by atoms with E-state index in [1.807, 2.05) is 6.07 Å². The maximum atomic E-state index is 11.9. The van der Waals surface area contributed by atoms with Gasteiger partial charge in [0.05, 0.1) is 30.1 Å². The first-order chi connectivity index (χ1) is 10.1. The van der Waals surface area contributed by atoms with Crippen molar-refractivity contribution in [2.75, 3.05) is 23.5 Å². The van der Waals surface area contributed by atoms with Crippen molar-refractivity contribution in [2.45, 2.75) is 0 Å². The molecule has 0 spiro atoms. The number of nitrogens with one attached hydrogen (secondary N) is 2. The van der Waals surface area contributed by atoms with Crippen molar-refractivity contribution >= 4 is 23.1 Å². The van der Waals surface area contributed by atoms with Gasteiger partial charge < -0.3 is 21.1 Å². The Hall–Kier alpha value is -3.20. The van der Waals surface area contributed by atoms with Gasteiger partial charge in [-0.2, -0.15) is 5.26 Å². The van der Waals surface area contributed by atoms with Gasteiger partial charge in [-0.3, -0.25) is 0 Å². The van der Waals surface area contributed by atoms with Crippen LogP contribution in [0.4, 0.5) is 21.9 Å². The van der Waals surface area contributed by atoms with Gasteiger partial charge in [0, 0.05) is 11.8 Å². The fraction of sp³-hybridized carbons (Fsp3) is 0.0667. The smallest absolute Gasteiger partial charge is 0.323 e. The van der Waals surface area contributed by atoms with Gasteiger partial charge in [0.25, 0.3) is 0 Å². The highest BCUT2D eigenvalue weighted by Crippen LogP contribution is 2.21. The summed E-state index contributed by atoms with van der Waals surface area (Å²) in [7, 11) is 1.55. The second kappa shape index (κ2) is 6.30. The van der Waals surface area contributed by atoms with E-state index >= 15 is 0 Å². The lowest BCUT2D eigenvalue weighted by atomic mass is 10.2. The number of carbonyl (C=O) groups is 1. The summed E-state index contributed by atoms with van der Waals surface area (Å²) in [6.07, 6.45) is 0. The van der Waals surface area contributed by atoms with E-state index in [-0.39, 0.29) is 0 Å². The molecule has 0 fully saturated rings. The number of rotatable bonds is 3. The minimum Gasteiger partial charge on any atom is -0.497 e. The zero-order valence-electron chi connectivity index (χ0n) is 11.4. The van der Waals surface area contributed by atoms with Gasteiger partial charge >= 0.3 is 6.03 Å². The van der Waals surface area contributed by atoms with E-state index in [2.05, 4.69) is 10.6 Å². The van der Waals surface area contributed by atoms with E-state index in [1.54, 1.807) is 43.5 Å². The first-order valence-corrected chi connectivity index (χ1v) is 6.14. The molecular weight excluding hydrogens is 268 g/mol. The topological polar surface area (TPSA) is 100 Å². The second-order valence-corrected chi connectivity index (χ2v) is 4.22. The van der Waals surface area contributed by atoms with Crippen molar-refractivity contribution in [3.63, 3.8) is 0 Å². The average Bonchev–Trinajstić information content (AvgIpc) is 2.49. The van der Waals surface area contributed by atoms with E-state index in [9.17, 15) is 4.79 Å². The van der Waals surface area contributed by atoms with Crippen molar-refractivity contribution in [1.29, 1.82) is 5.26 Å². The Kier molecular flexibility index (Phi) is 4.26. The highest BCUT2D eigenvalue weighted by molar-refractivity contribution is 6.01. The molecule has 2 aromatic carbocycles. The molecule has 2 amide bonds. The first-order valence-electron chi connectivity index (χ1n) is 6.14. The molecule has 0 heterocycles. The molecule has 0 radical (unpaired) electrons. The molecule has 0 saturated heterocycles. The van der Waals surface area contributed by atoms with Gasteiger partial charge in [0.15, 0.2) is 0 Å². The molecular formula is C15H14N4O2. The summed E-state index contributed by atoms with van der Waals surface area (Å²) in [5.41, 5.74) is 7.57. The van der Waals surface area contributed by atoms with Crippen molar-refractivity contribution in [3.05, 3.63) is 48.0 Å². The van der Waals surface area contributed by atoms with Crippen LogP contribution in [0.1, 0.15) is 5.56 Å². The average molecular weight is 282 g/mol. The van der Waals surface area contributed by atoms with Crippen LogP contribution in [0.2, 0.25) is 0 Å². The van der Waals surface area contributed by atoms with Crippen LogP contribution < -0.4 is 21.1 Å². The third kappa shape index (κ3) is 3.64. The van der Waals surface area contributed by atoms with Gasteiger partial charge in [-0.25, -0.2) is 4.79 Å². The molecule has 0 aliphatic carbocycles. The molecule has 0 aromatic heterocycles. The summed E-state index contributed by atoms with van der Waals surface area (Å²) in [5, 5.41) is 14.1. The normalized spacial score (nSPS) is 9.52. The van der Waals surface area contributed by atoms with E-state index in [0.29, 0.717) is 28.4 Å². The van der Waals surface area contributed by atoms with Gasteiger partial charge in [0.1, 0.15) is 5.75 Å². The predicted octanol–water partition coefficient (Wildman–Crippen LogP) is 2.79. The molecule has 0 aliphatic heterocycles. The zero-order chi connectivity index (χ0) is 15.2. The Morgan fingerprint density at radius 2 is 2.05 bits per heavy atom. The monoisotopic (exact) mass is 282 g/mol. The quantitative estimate of drug-likeness (QED) is 0.753. The largest absolute Gasteiger partial charge is 0.497 e. The van der Waals surface area contributed by atoms with Gasteiger partial charge in [0.2, 0.25) is 0 Å². The Balaban J connectivity index is 2.06. The molecule has 2 aromatic rings. The van der Waals surface area contributed by atoms with Crippen molar-refractivity contribution in [3.8, 4) is 11.8 Å². The van der Waals surface area contributed by atoms with E-state index < -0.39 is 6.03 Å². The molecule has 0 unspecified atom stereocenters. The number of amides is 2. The number of hydrogen-bond donors (Lipinski definition) is 3. The number of nitrogens with zero attached hydrogens (tertiary/aromatic N) is 1. The number of anilines is 3. The number of urea groups is 1. The molecule has 0 atom stereocenters. The third-order valence-electron chi connectivity index (χ3n) is 2.76. The molecule has 2 rings (SSSR count). The second-order valence-electron chi connectivity index (χ2n) is 4.22. The molecule has 0 saturated carbocycles. The van der Waals surface area contributed by atoms with Gasteiger partial charge in [-0.05, 0) is 30.3 Å². The van der Waals surface area contributed by atoms with Crippen molar-refractivity contribution in [1.82, 2.24) is 0 Å². The van der Waals surface area contributed by atoms with Crippen molar-refractivity contribution in [2.24, 2.45) is 0 Å². The van der Waals surface area contributed by atoms with Crippen LogP contribution in [0.5, 0.6) is 5.75 Å². The van der Waals surface area contributed by atoms with Crippen LogP contribution in [0.3, 0.4) is 0 Å². The number of benzene rings is 2. The van der Waals surface area contributed by atoms with Gasteiger partial charge in [-0.15, -0.1) is 0 Å². The van der Waals surface area contributed by atoms with Crippen molar-refractivity contribution < 1.29 is 9.53 Å². The number of hydrogen-bond acceptors (Lipinski definition) is 4. The number of nitrogen functional groups attached to an aromatic ring is 1. The Morgan fingerprint density at radius 3 is 2.71 bits per heavy atom. The Morgan fingerprint density at radius 1 is 1.24 bits per heavy atom. The van der Waals surface area contributed by atoms with E-state index in [1.165, 1.54) is 6.07 Å². The predicted molar refractivity (Wildman–Crippen MR) is 81.2 cm³/mol. The molecule has 0 aliphatic rings. The lowest BCUT2D eigenvalue weighted by Crippen LogP contribution is -2.20. The third-order valence-corrected chi connectivity index (χ3v) is 2.76. The van der Waals surface area contributed by atoms with E-state index in [4.69, 9.17) is 15.7 Å². The highest BCUT2D eigenvalue weighted by Gasteiger charge is 2.06. The first kappa shape index (κ1) is 14.2. The van der Waals surface area contributed by atoms with Gasteiger partial charge in [-0.1, -0.05) is 6.07 Å². The summed E-state index contributed by atoms with van der Waals surface area (Å²) in [6.45, 7) is 0.